The second kappa shape index (κ2) is 6.17. The number of nitrogens with zero attached hydrogens (tertiary/aromatic N) is 2. The van der Waals surface area contributed by atoms with Crippen LogP contribution in [-0.4, -0.2) is 4.98 Å². The van der Waals surface area contributed by atoms with Gasteiger partial charge in [-0.25, -0.2) is 0 Å². The molecule has 0 bridgehead atoms. The molecule has 0 saturated carbocycles. The van der Waals surface area contributed by atoms with Crippen LogP contribution in [0.15, 0.2) is 73.5 Å². The highest BCUT2D eigenvalue weighted by atomic mass is 79.9. The van der Waals surface area contributed by atoms with Crippen molar-refractivity contribution in [2.75, 3.05) is 0 Å². The fourth-order valence-electron chi connectivity index (χ4n) is 1.76. The summed E-state index contributed by atoms with van der Waals surface area (Å²) >= 11 is 4.79. The molecule has 1 heterocycles. The molecule has 5 heteroatoms. The molecule has 21 heavy (non-hydrogen) atoms. The van der Waals surface area contributed by atoms with E-state index in [4.69, 9.17) is 4.42 Å². The van der Waals surface area contributed by atoms with Gasteiger partial charge in [0, 0.05) is 14.9 Å². The highest BCUT2D eigenvalue weighted by Gasteiger charge is 2.15. The molecule has 1 aromatic heterocycles. The van der Waals surface area contributed by atoms with Crippen molar-refractivity contribution in [3.63, 3.8) is 0 Å². The average Bonchev–Trinajstić information content (AvgIpc) is 2.93. The SMILES string of the molecule is N#Cc1nc(-c2ccccc2)oc1Sc1ccc(Br)cc1. The maximum absolute atomic E-state index is 9.21. The molecule has 3 nitrogen and oxygen atoms in total. The number of hydrogen-bond acceptors (Lipinski definition) is 4. The van der Waals surface area contributed by atoms with Crippen molar-refractivity contribution in [2.24, 2.45) is 0 Å². The number of halogens is 1. The summed E-state index contributed by atoms with van der Waals surface area (Å²) in [4.78, 5) is 5.25. The molecule has 0 aliphatic heterocycles. The Balaban J connectivity index is 1.94. The number of aromatic nitrogens is 1. The van der Waals surface area contributed by atoms with Crippen molar-refractivity contribution < 1.29 is 4.42 Å². The Morgan fingerprint density at radius 2 is 1.76 bits per heavy atom. The fraction of sp³-hybridized carbons (Fsp3) is 0. The molecular formula is C16H9BrN2OS. The molecule has 102 valence electrons. The second-order valence-electron chi connectivity index (χ2n) is 4.19. The summed E-state index contributed by atoms with van der Waals surface area (Å²) in [6.45, 7) is 0. The summed E-state index contributed by atoms with van der Waals surface area (Å²) in [6, 6.07) is 19.4. The molecule has 0 radical (unpaired) electrons. The third-order valence-corrected chi connectivity index (χ3v) is 4.25. The lowest BCUT2D eigenvalue weighted by Gasteiger charge is -1.98. The maximum atomic E-state index is 9.21. The summed E-state index contributed by atoms with van der Waals surface area (Å²) in [6.07, 6.45) is 0. The first-order chi connectivity index (χ1) is 10.3. The summed E-state index contributed by atoms with van der Waals surface area (Å²) < 4.78 is 6.75. The number of hydrogen-bond donors (Lipinski definition) is 0. The Labute approximate surface area is 134 Å². The number of nitriles is 1. The molecule has 0 spiro atoms. The zero-order chi connectivity index (χ0) is 14.7. The summed E-state index contributed by atoms with van der Waals surface area (Å²) in [5.41, 5.74) is 1.17. The first-order valence-corrected chi connectivity index (χ1v) is 7.77. The average molecular weight is 357 g/mol. The Bertz CT molecular complexity index is 791. The van der Waals surface area contributed by atoms with Crippen molar-refractivity contribution in [2.45, 2.75) is 9.99 Å². The van der Waals surface area contributed by atoms with Crippen LogP contribution in [0.3, 0.4) is 0 Å². The van der Waals surface area contributed by atoms with Gasteiger partial charge in [-0.3, -0.25) is 0 Å². The quantitative estimate of drug-likeness (QED) is 0.652. The van der Waals surface area contributed by atoms with Gasteiger partial charge in [0.05, 0.1) is 0 Å². The van der Waals surface area contributed by atoms with Crippen LogP contribution < -0.4 is 0 Å². The van der Waals surface area contributed by atoms with Crippen molar-refractivity contribution >= 4 is 27.7 Å². The first-order valence-electron chi connectivity index (χ1n) is 6.16. The van der Waals surface area contributed by atoms with Gasteiger partial charge in [-0.05, 0) is 48.2 Å². The standard InChI is InChI=1S/C16H9BrN2OS/c17-12-6-8-13(9-7-12)21-16-14(10-18)19-15(20-16)11-4-2-1-3-5-11/h1-9H. The lowest BCUT2D eigenvalue weighted by atomic mass is 10.2. The van der Waals surface area contributed by atoms with E-state index in [1.165, 1.54) is 11.8 Å². The molecule has 3 rings (SSSR count). The van der Waals surface area contributed by atoms with E-state index in [1.807, 2.05) is 54.6 Å². The third kappa shape index (κ3) is 3.18. The van der Waals surface area contributed by atoms with Crippen LogP contribution >= 0.6 is 27.7 Å². The van der Waals surface area contributed by atoms with Crippen LogP contribution in [0.2, 0.25) is 0 Å². The Morgan fingerprint density at radius 1 is 1.05 bits per heavy atom. The van der Waals surface area contributed by atoms with Crippen LogP contribution in [0.25, 0.3) is 11.5 Å². The van der Waals surface area contributed by atoms with Gasteiger partial charge in [0.2, 0.25) is 11.0 Å². The molecular weight excluding hydrogens is 348 g/mol. The predicted molar refractivity (Wildman–Crippen MR) is 84.9 cm³/mol. The molecule has 2 aromatic carbocycles. The second-order valence-corrected chi connectivity index (χ2v) is 6.15. The number of oxazole rings is 1. The number of benzene rings is 2. The van der Waals surface area contributed by atoms with Gasteiger partial charge < -0.3 is 4.42 Å². The van der Waals surface area contributed by atoms with Crippen LogP contribution in [-0.2, 0) is 0 Å². The molecule has 0 N–H and O–H groups in total. The zero-order valence-corrected chi connectivity index (χ0v) is 13.2. The molecule has 3 aromatic rings. The van der Waals surface area contributed by atoms with Gasteiger partial charge >= 0.3 is 0 Å². The summed E-state index contributed by atoms with van der Waals surface area (Å²) in [5.74, 6) is 0.465. The van der Waals surface area contributed by atoms with E-state index in [1.54, 1.807) is 0 Å². The molecule has 0 saturated heterocycles. The maximum Gasteiger partial charge on any atom is 0.228 e. The first kappa shape index (κ1) is 13.9. The molecule has 0 aliphatic rings. The molecule has 0 fully saturated rings. The van der Waals surface area contributed by atoms with Gasteiger partial charge in [-0.15, -0.1) is 0 Å². The van der Waals surface area contributed by atoms with E-state index in [0.29, 0.717) is 16.7 Å². The lowest BCUT2D eigenvalue weighted by molar-refractivity contribution is 0.483. The Morgan fingerprint density at radius 3 is 2.43 bits per heavy atom. The monoisotopic (exact) mass is 356 g/mol. The molecule has 0 aliphatic carbocycles. The number of rotatable bonds is 3. The summed E-state index contributed by atoms with van der Waals surface area (Å²) in [5, 5.41) is 9.72. The zero-order valence-electron chi connectivity index (χ0n) is 10.8. The predicted octanol–water partition coefficient (Wildman–Crippen LogP) is 5.13. The van der Waals surface area contributed by atoms with Crippen LogP contribution in [0.4, 0.5) is 0 Å². The van der Waals surface area contributed by atoms with Crippen molar-refractivity contribution in [1.29, 1.82) is 5.26 Å². The van der Waals surface area contributed by atoms with E-state index < -0.39 is 0 Å². The van der Waals surface area contributed by atoms with E-state index in [0.717, 1.165) is 14.9 Å². The molecule has 0 unspecified atom stereocenters. The highest BCUT2D eigenvalue weighted by molar-refractivity contribution is 9.10. The third-order valence-electron chi connectivity index (χ3n) is 2.75. The minimum Gasteiger partial charge on any atom is -0.428 e. The van der Waals surface area contributed by atoms with Crippen LogP contribution in [0, 0.1) is 11.3 Å². The topological polar surface area (TPSA) is 49.8 Å². The van der Waals surface area contributed by atoms with Gasteiger partial charge in [0.25, 0.3) is 0 Å². The normalized spacial score (nSPS) is 10.3. The molecule has 0 atom stereocenters. The van der Waals surface area contributed by atoms with E-state index in [9.17, 15) is 5.26 Å². The van der Waals surface area contributed by atoms with Gasteiger partial charge in [0.1, 0.15) is 6.07 Å². The van der Waals surface area contributed by atoms with E-state index in [-0.39, 0.29) is 0 Å². The van der Waals surface area contributed by atoms with Crippen molar-refractivity contribution in [3.8, 4) is 17.5 Å². The smallest absolute Gasteiger partial charge is 0.228 e. The lowest BCUT2D eigenvalue weighted by Crippen LogP contribution is -1.78. The van der Waals surface area contributed by atoms with Gasteiger partial charge in [-0.2, -0.15) is 10.2 Å². The van der Waals surface area contributed by atoms with E-state index in [2.05, 4.69) is 27.0 Å². The van der Waals surface area contributed by atoms with Crippen molar-refractivity contribution in [1.82, 2.24) is 4.98 Å². The van der Waals surface area contributed by atoms with Crippen LogP contribution in [0.1, 0.15) is 5.69 Å². The molecule has 0 amide bonds. The van der Waals surface area contributed by atoms with Crippen molar-refractivity contribution in [3.05, 3.63) is 64.8 Å². The fourth-order valence-corrected chi connectivity index (χ4v) is 2.82. The Hall–Kier alpha value is -2.03. The minimum atomic E-state index is 0.307. The van der Waals surface area contributed by atoms with E-state index >= 15 is 0 Å². The van der Waals surface area contributed by atoms with Crippen LogP contribution in [0.5, 0.6) is 0 Å². The Kier molecular flexibility index (Phi) is 4.09. The largest absolute Gasteiger partial charge is 0.428 e. The van der Waals surface area contributed by atoms with Gasteiger partial charge in [-0.1, -0.05) is 34.1 Å². The minimum absolute atomic E-state index is 0.307. The summed E-state index contributed by atoms with van der Waals surface area (Å²) in [7, 11) is 0. The van der Waals surface area contributed by atoms with Gasteiger partial charge in [0.15, 0.2) is 5.69 Å². The highest BCUT2D eigenvalue weighted by Crippen LogP contribution is 2.34.